The van der Waals surface area contributed by atoms with Gasteiger partial charge in [0.25, 0.3) is 5.91 Å². The molecule has 5 heteroatoms. The smallest absolute Gasteiger partial charge is 0.253 e. The second-order valence-corrected chi connectivity index (χ2v) is 3.31. The summed E-state index contributed by atoms with van der Waals surface area (Å²) >= 11 is 5.57. The number of nitrogens with one attached hydrogen (secondary N) is 1. The van der Waals surface area contributed by atoms with Crippen molar-refractivity contribution >= 4 is 17.5 Å². The second-order valence-electron chi connectivity index (χ2n) is 2.93. The maximum Gasteiger partial charge on any atom is 0.253 e. The highest BCUT2D eigenvalue weighted by Crippen LogP contribution is 2.05. The van der Waals surface area contributed by atoms with E-state index in [1.807, 2.05) is 0 Å². The van der Waals surface area contributed by atoms with Crippen molar-refractivity contribution in [3.05, 3.63) is 29.0 Å². The Labute approximate surface area is 86.9 Å². The molecule has 0 bridgehead atoms. The van der Waals surface area contributed by atoms with E-state index in [1.54, 1.807) is 19.1 Å². The van der Waals surface area contributed by atoms with E-state index in [9.17, 15) is 4.79 Å². The van der Waals surface area contributed by atoms with Crippen LogP contribution < -0.4 is 5.32 Å². The first-order valence-corrected chi connectivity index (χ1v) is 4.54. The molecule has 0 spiro atoms. The lowest BCUT2D eigenvalue weighted by molar-refractivity contribution is 0.0922. The van der Waals surface area contributed by atoms with Crippen molar-refractivity contribution in [3.8, 4) is 0 Å². The Hall–Kier alpha value is -1.13. The fraction of sp³-hybridized carbons (Fsp3) is 0.333. The number of aromatic nitrogens is 1. The Kier molecular flexibility index (Phi) is 3.85. The Balaban J connectivity index is 2.65. The molecule has 0 aliphatic heterocycles. The van der Waals surface area contributed by atoms with Crippen LogP contribution in [0.25, 0.3) is 0 Å². The van der Waals surface area contributed by atoms with Gasteiger partial charge in [-0.3, -0.25) is 4.79 Å². The highest BCUT2D eigenvalue weighted by atomic mass is 35.5. The van der Waals surface area contributed by atoms with Gasteiger partial charge in [-0.05, 0) is 19.1 Å². The van der Waals surface area contributed by atoms with Gasteiger partial charge in [0, 0.05) is 12.2 Å². The van der Waals surface area contributed by atoms with E-state index in [1.165, 1.54) is 6.20 Å². The standard InChI is InChI=1S/C9H11ClN2O2/c1-6(5-13)12-9(14)7-2-3-8(10)11-4-7/h2-4,6,13H,5H2,1H3,(H,12,14)/t6-/m0/s1. The van der Waals surface area contributed by atoms with Gasteiger partial charge >= 0.3 is 0 Å². The molecule has 1 aromatic heterocycles. The molecule has 1 heterocycles. The van der Waals surface area contributed by atoms with Crippen LogP contribution in [0.3, 0.4) is 0 Å². The lowest BCUT2D eigenvalue weighted by Crippen LogP contribution is -2.34. The molecular formula is C9H11ClN2O2. The van der Waals surface area contributed by atoms with Crippen molar-refractivity contribution in [2.24, 2.45) is 0 Å². The molecule has 0 saturated carbocycles. The summed E-state index contributed by atoms with van der Waals surface area (Å²) in [7, 11) is 0. The summed E-state index contributed by atoms with van der Waals surface area (Å²) in [5.74, 6) is -0.268. The molecule has 4 nitrogen and oxygen atoms in total. The van der Waals surface area contributed by atoms with Crippen LogP contribution >= 0.6 is 11.6 Å². The van der Waals surface area contributed by atoms with Gasteiger partial charge in [-0.2, -0.15) is 0 Å². The maximum atomic E-state index is 11.4. The Bertz CT molecular complexity index is 313. The van der Waals surface area contributed by atoms with E-state index in [-0.39, 0.29) is 18.6 Å². The zero-order valence-electron chi connectivity index (χ0n) is 7.70. The molecule has 0 aromatic carbocycles. The molecule has 1 aromatic rings. The third-order valence-electron chi connectivity index (χ3n) is 1.64. The number of nitrogens with zero attached hydrogens (tertiary/aromatic N) is 1. The highest BCUT2D eigenvalue weighted by molar-refractivity contribution is 6.29. The number of carbonyl (C=O) groups excluding carboxylic acids is 1. The summed E-state index contributed by atoms with van der Waals surface area (Å²) in [6.07, 6.45) is 1.39. The topological polar surface area (TPSA) is 62.2 Å². The van der Waals surface area contributed by atoms with Gasteiger partial charge in [0.05, 0.1) is 12.2 Å². The molecule has 1 rings (SSSR count). The van der Waals surface area contributed by atoms with E-state index in [4.69, 9.17) is 16.7 Å². The quantitative estimate of drug-likeness (QED) is 0.734. The summed E-state index contributed by atoms with van der Waals surface area (Å²) < 4.78 is 0. The molecule has 76 valence electrons. The van der Waals surface area contributed by atoms with E-state index < -0.39 is 0 Å². The van der Waals surface area contributed by atoms with Crippen LogP contribution in [-0.2, 0) is 0 Å². The number of aliphatic hydroxyl groups excluding tert-OH is 1. The second kappa shape index (κ2) is 4.93. The molecule has 0 saturated heterocycles. The number of amides is 1. The lowest BCUT2D eigenvalue weighted by atomic mass is 10.2. The molecule has 1 atom stereocenters. The maximum absolute atomic E-state index is 11.4. The predicted molar refractivity (Wildman–Crippen MR) is 53.3 cm³/mol. The molecule has 0 aliphatic carbocycles. The lowest BCUT2D eigenvalue weighted by Gasteiger charge is -2.10. The molecule has 2 N–H and O–H groups in total. The largest absolute Gasteiger partial charge is 0.394 e. The summed E-state index contributed by atoms with van der Waals surface area (Å²) in [6, 6.07) is 2.85. The van der Waals surface area contributed by atoms with Crippen molar-refractivity contribution in [1.82, 2.24) is 10.3 Å². The van der Waals surface area contributed by atoms with Crippen molar-refractivity contribution in [2.75, 3.05) is 6.61 Å². The van der Waals surface area contributed by atoms with Gasteiger partial charge < -0.3 is 10.4 Å². The molecule has 14 heavy (non-hydrogen) atoms. The van der Waals surface area contributed by atoms with Gasteiger partial charge in [0.15, 0.2) is 0 Å². The van der Waals surface area contributed by atoms with Crippen molar-refractivity contribution < 1.29 is 9.90 Å². The van der Waals surface area contributed by atoms with E-state index >= 15 is 0 Å². The first-order chi connectivity index (χ1) is 6.63. The van der Waals surface area contributed by atoms with E-state index in [0.29, 0.717) is 10.7 Å². The Morgan fingerprint density at radius 1 is 1.71 bits per heavy atom. The molecule has 0 radical (unpaired) electrons. The fourth-order valence-corrected chi connectivity index (χ4v) is 0.975. The third-order valence-corrected chi connectivity index (χ3v) is 1.86. The zero-order chi connectivity index (χ0) is 10.6. The average molecular weight is 215 g/mol. The van der Waals surface area contributed by atoms with Crippen LogP contribution in [-0.4, -0.2) is 28.6 Å². The third kappa shape index (κ3) is 2.97. The molecular weight excluding hydrogens is 204 g/mol. The molecule has 0 unspecified atom stereocenters. The minimum absolute atomic E-state index is 0.0905. The predicted octanol–water partition coefficient (Wildman–Crippen LogP) is 0.846. The molecule has 0 fully saturated rings. The van der Waals surface area contributed by atoms with Crippen LogP contribution in [0.5, 0.6) is 0 Å². The first kappa shape index (κ1) is 10.9. The number of aliphatic hydroxyl groups is 1. The average Bonchev–Trinajstić information content (AvgIpc) is 2.18. The Morgan fingerprint density at radius 3 is 2.93 bits per heavy atom. The van der Waals surface area contributed by atoms with E-state index in [2.05, 4.69) is 10.3 Å². The van der Waals surface area contributed by atoms with Crippen LogP contribution in [0.2, 0.25) is 5.15 Å². The minimum Gasteiger partial charge on any atom is -0.394 e. The summed E-state index contributed by atoms with van der Waals surface area (Å²) in [5, 5.41) is 11.7. The van der Waals surface area contributed by atoms with Crippen molar-refractivity contribution in [3.63, 3.8) is 0 Å². The van der Waals surface area contributed by atoms with Gasteiger partial charge in [0.1, 0.15) is 5.15 Å². The number of hydrogen-bond donors (Lipinski definition) is 2. The van der Waals surface area contributed by atoms with Crippen molar-refractivity contribution in [2.45, 2.75) is 13.0 Å². The summed E-state index contributed by atoms with van der Waals surface area (Å²) in [6.45, 7) is 1.62. The number of rotatable bonds is 3. The van der Waals surface area contributed by atoms with E-state index in [0.717, 1.165) is 0 Å². The van der Waals surface area contributed by atoms with Gasteiger partial charge in [-0.15, -0.1) is 0 Å². The van der Waals surface area contributed by atoms with Gasteiger partial charge in [-0.1, -0.05) is 11.6 Å². The zero-order valence-corrected chi connectivity index (χ0v) is 8.45. The van der Waals surface area contributed by atoms with Crippen LogP contribution in [0.15, 0.2) is 18.3 Å². The van der Waals surface area contributed by atoms with Crippen molar-refractivity contribution in [1.29, 1.82) is 0 Å². The summed E-state index contributed by atoms with van der Waals surface area (Å²) in [5.41, 5.74) is 0.426. The Morgan fingerprint density at radius 2 is 2.43 bits per heavy atom. The number of pyridine rings is 1. The van der Waals surface area contributed by atoms with Gasteiger partial charge in [0.2, 0.25) is 0 Å². The monoisotopic (exact) mass is 214 g/mol. The van der Waals surface area contributed by atoms with Crippen LogP contribution in [0.4, 0.5) is 0 Å². The van der Waals surface area contributed by atoms with Gasteiger partial charge in [-0.25, -0.2) is 4.98 Å². The first-order valence-electron chi connectivity index (χ1n) is 4.16. The highest BCUT2D eigenvalue weighted by Gasteiger charge is 2.08. The molecule has 1 amide bonds. The minimum atomic E-state index is -0.268. The number of halogens is 1. The normalized spacial score (nSPS) is 12.2. The number of carbonyl (C=O) groups is 1. The number of hydrogen-bond acceptors (Lipinski definition) is 3. The van der Waals surface area contributed by atoms with Crippen LogP contribution in [0, 0.1) is 0 Å². The molecule has 0 aliphatic rings. The SMILES string of the molecule is C[C@@H](CO)NC(=O)c1ccc(Cl)nc1. The fourth-order valence-electron chi connectivity index (χ4n) is 0.863. The van der Waals surface area contributed by atoms with Crippen LogP contribution in [0.1, 0.15) is 17.3 Å². The summed E-state index contributed by atoms with van der Waals surface area (Å²) in [4.78, 5) is 15.2.